The number of nitrogens with two attached hydrogens (primary N) is 1. The van der Waals surface area contributed by atoms with Gasteiger partial charge in [-0.1, -0.05) is 42.5 Å². The number of carbonyl (C=O) groups excluding carboxylic acids is 1. The molecule has 34 heavy (non-hydrogen) atoms. The summed E-state index contributed by atoms with van der Waals surface area (Å²) in [6.45, 7) is 2.16. The van der Waals surface area contributed by atoms with E-state index in [9.17, 15) is 4.79 Å². The number of anilines is 1. The van der Waals surface area contributed by atoms with Gasteiger partial charge >= 0.3 is 0 Å². The number of fused-ring (bicyclic) bond motifs is 3. The summed E-state index contributed by atoms with van der Waals surface area (Å²) in [5.41, 5.74) is 12.1. The summed E-state index contributed by atoms with van der Waals surface area (Å²) in [5.74, 6) is -0.435. The third-order valence-corrected chi connectivity index (χ3v) is 7.21. The van der Waals surface area contributed by atoms with Gasteiger partial charge in [-0.2, -0.15) is 5.10 Å². The lowest BCUT2D eigenvalue weighted by Crippen LogP contribution is -2.78. The van der Waals surface area contributed by atoms with E-state index < -0.39 is 5.91 Å². The maximum absolute atomic E-state index is 11.9. The van der Waals surface area contributed by atoms with E-state index in [4.69, 9.17) is 10.7 Å². The van der Waals surface area contributed by atoms with Crippen molar-refractivity contribution in [1.82, 2.24) is 19.9 Å². The lowest BCUT2D eigenvalue weighted by molar-refractivity contribution is 0.100. The Labute approximate surface area is 195 Å². The van der Waals surface area contributed by atoms with Crippen LogP contribution >= 0.6 is 0 Å². The third kappa shape index (κ3) is 2.77. The Morgan fingerprint density at radius 2 is 1.76 bits per heavy atom. The zero-order valence-corrected chi connectivity index (χ0v) is 18.3. The van der Waals surface area contributed by atoms with Crippen molar-refractivity contribution in [3.05, 3.63) is 84.8 Å². The first-order valence-corrected chi connectivity index (χ1v) is 11.4. The summed E-state index contributed by atoms with van der Waals surface area (Å²) in [7, 11) is 0. The molecule has 0 saturated carbocycles. The van der Waals surface area contributed by atoms with Gasteiger partial charge in [-0.05, 0) is 40.1 Å². The molecule has 166 valence electrons. The van der Waals surface area contributed by atoms with Gasteiger partial charge < -0.3 is 16.0 Å². The normalized spacial score (nSPS) is 19.0. The van der Waals surface area contributed by atoms with Crippen molar-refractivity contribution < 1.29 is 4.79 Å². The standard InChI is InChI=1S/C27H22N6O/c28-26(34)22-6-2-3-19-20(22)4-1-5-21(19)23-12-31-33-14-17(11-30-27(23)33)16-7-9-18(10-8-16)32-15-24-25(32)13-29-24/h1-12,14,24-25,29H,13,15H2,(H2,28,34)/t24-,25?/m1/s1. The number of nitrogens with zero attached hydrogens (tertiary/aromatic N) is 4. The zero-order chi connectivity index (χ0) is 22.8. The highest BCUT2D eigenvalue weighted by molar-refractivity contribution is 6.10. The molecule has 0 radical (unpaired) electrons. The number of rotatable bonds is 4. The lowest BCUT2D eigenvalue weighted by atomic mass is 9.88. The second-order valence-corrected chi connectivity index (χ2v) is 9.02. The van der Waals surface area contributed by atoms with Gasteiger partial charge in [0.25, 0.3) is 0 Å². The van der Waals surface area contributed by atoms with Gasteiger partial charge in [0.05, 0.1) is 12.2 Å². The number of hydrogen-bond acceptors (Lipinski definition) is 5. The van der Waals surface area contributed by atoms with Crippen LogP contribution in [-0.2, 0) is 0 Å². The van der Waals surface area contributed by atoms with Crippen molar-refractivity contribution in [1.29, 1.82) is 0 Å². The SMILES string of the molecule is NC(=O)c1cccc2c(-c3cnn4cc(-c5ccc(N6C[C@H]7NCC76)cc5)cnc34)cccc12. The first kappa shape index (κ1) is 19.3. The number of amides is 1. The first-order chi connectivity index (χ1) is 16.7. The van der Waals surface area contributed by atoms with Crippen molar-refractivity contribution in [2.24, 2.45) is 5.73 Å². The fourth-order valence-electron chi connectivity index (χ4n) is 5.23. The van der Waals surface area contributed by atoms with E-state index in [1.54, 1.807) is 6.07 Å². The Bertz CT molecular complexity index is 1590. The molecule has 7 nitrogen and oxygen atoms in total. The molecule has 7 heteroatoms. The van der Waals surface area contributed by atoms with Gasteiger partial charge in [-0.15, -0.1) is 0 Å². The largest absolute Gasteiger partial charge is 0.366 e. The van der Waals surface area contributed by atoms with Gasteiger partial charge in [0.15, 0.2) is 5.65 Å². The van der Waals surface area contributed by atoms with E-state index in [1.165, 1.54) is 5.69 Å². The molecular formula is C27H22N6O. The second-order valence-electron chi connectivity index (χ2n) is 9.02. The molecule has 0 aliphatic carbocycles. The van der Waals surface area contributed by atoms with Crippen LogP contribution in [-0.4, -0.2) is 45.7 Å². The minimum atomic E-state index is -0.435. The van der Waals surface area contributed by atoms with Crippen LogP contribution in [0.5, 0.6) is 0 Å². The minimum absolute atomic E-state index is 0.435. The molecular weight excluding hydrogens is 424 g/mol. The first-order valence-electron chi connectivity index (χ1n) is 11.4. The van der Waals surface area contributed by atoms with Gasteiger partial charge in [0.1, 0.15) is 0 Å². The Morgan fingerprint density at radius 3 is 2.50 bits per heavy atom. The number of benzene rings is 3. The molecule has 2 aromatic heterocycles. The predicted octanol–water partition coefficient (Wildman–Crippen LogP) is 3.48. The number of primary amides is 1. The number of aromatic nitrogens is 3. The van der Waals surface area contributed by atoms with Crippen molar-refractivity contribution in [2.75, 3.05) is 18.0 Å². The number of nitrogens with one attached hydrogen (secondary N) is 1. The highest BCUT2D eigenvalue weighted by Gasteiger charge is 2.45. The van der Waals surface area contributed by atoms with Crippen molar-refractivity contribution >= 4 is 28.0 Å². The Kier molecular flexibility index (Phi) is 4.04. The molecule has 0 spiro atoms. The van der Waals surface area contributed by atoms with Crippen LogP contribution in [0.4, 0.5) is 5.69 Å². The van der Waals surface area contributed by atoms with Crippen molar-refractivity contribution in [3.8, 4) is 22.3 Å². The van der Waals surface area contributed by atoms with E-state index in [0.29, 0.717) is 17.6 Å². The molecule has 2 saturated heterocycles. The van der Waals surface area contributed by atoms with Gasteiger partial charge in [-0.3, -0.25) is 4.79 Å². The topological polar surface area (TPSA) is 88.5 Å². The highest BCUT2D eigenvalue weighted by atomic mass is 16.1. The molecule has 4 heterocycles. The van der Waals surface area contributed by atoms with Crippen molar-refractivity contribution in [2.45, 2.75) is 12.1 Å². The quantitative estimate of drug-likeness (QED) is 0.441. The smallest absolute Gasteiger partial charge is 0.249 e. The zero-order valence-electron chi connectivity index (χ0n) is 18.3. The van der Waals surface area contributed by atoms with Gasteiger partial charge in [0, 0.05) is 53.9 Å². The fourth-order valence-corrected chi connectivity index (χ4v) is 5.23. The molecule has 3 aromatic carbocycles. The molecule has 5 aromatic rings. The van der Waals surface area contributed by atoms with E-state index >= 15 is 0 Å². The van der Waals surface area contributed by atoms with Gasteiger partial charge in [-0.25, -0.2) is 9.50 Å². The molecule has 0 bridgehead atoms. The third-order valence-electron chi connectivity index (χ3n) is 7.21. The summed E-state index contributed by atoms with van der Waals surface area (Å²) in [6.07, 6.45) is 5.73. The number of hydrogen-bond donors (Lipinski definition) is 2. The fraction of sp³-hybridized carbons (Fsp3) is 0.148. The molecule has 7 rings (SSSR count). The molecule has 1 unspecified atom stereocenters. The molecule has 1 amide bonds. The van der Waals surface area contributed by atoms with Crippen LogP contribution in [0.2, 0.25) is 0 Å². The summed E-state index contributed by atoms with van der Waals surface area (Å²) in [5, 5.41) is 9.81. The summed E-state index contributed by atoms with van der Waals surface area (Å²) < 4.78 is 1.81. The summed E-state index contributed by atoms with van der Waals surface area (Å²) in [4.78, 5) is 19.1. The molecule has 2 atom stereocenters. The van der Waals surface area contributed by atoms with Crippen LogP contribution in [0.15, 0.2) is 79.3 Å². The molecule has 2 aliphatic rings. The lowest BCUT2D eigenvalue weighted by Gasteiger charge is -2.57. The van der Waals surface area contributed by atoms with E-state index in [-0.39, 0.29) is 0 Å². The van der Waals surface area contributed by atoms with Crippen LogP contribution in [0.1, 0.15) is 10.4 Å². The molecule has 3 N–H and O–H groups in total. The van der Waals surface area contributed by atoms with Crippen LogP contribution in [0.25, 0.3) is 38.7 Å². The van der Waals surface area contributed by atoms with Crippen LogP contribution < -0.4 is 16.0 Å². The van der Waals surface area contributed by atoms with E-state index in [0.717, 1.165) is 51.8 Å². The predicted molar refractivity (Wildman–Crippen MR) is 133 cm³/mol. The molecule has 2 fully saturated rings. The van der Waals surface area contributed by atoms with E-state index in [1.807, 2.05) is 53.4 Å². The minimum Gasteiger partial charge on any atom is -0.366 e. The summed E-state index contributed by atoms with van der Waals surface area (Å²) in [6, 6.07) is 21.5. The van der Waals surface area contributed by atoms with Crippen LogP contribution in [0.3, 0.4) is 0 Å². The monoisotopic (exact) mass is 446 g/mol. The van der Waals surface area contributed by atoms with Crippen LogP contribution in [0, 0.1) is 0 Å². The van der Waals surface area contributed by atoms with E-state index in [2.05, 4.69) is 39.6 Å². The highest BCUT2D eigenvalue weighted by Crippen LogP contribution is 2.34. The Hall–Kier alpha value is -4.23. The molecule has 2 aliphatic heterocycles. The average Bonchev–Trinajstić information content (AvgIpc) is 3.28. The maximum Gasteiger partial charge on any atom is 0.249 e. The Morgan fingerprint density at radius 1 is 0.941 bits per heavy atom. The Balaban J connectivity index is 1.25. The average molecular weight is 447 g/mol. The number of piperazine rings is 1. The second kappa shape index (κ2) is 7.13. The number of carbonyl (C=O) groups is 1. The summed E-state index contributed by atoms with van der Waals surface area (Å²) >= 11 is 0. The maximum atomic E-state index is 11.9. The van der Waals surface area contributed by atoms with Gasteiger partial charge in [0.2, 0.25) is 5.91 Å². The van der Waals surface area contributed by atoms with Crippen molar-refractivity contribution in [3.63, 3.8) is 0 Å².